The number of alkyl halides is 3. The second-order valence-electron chi connectivity index (χ2n) is 7.51. The summed E-state index contributed by atoms with van der Waals surface area (Å²) in [6.45, 7) is -0.475. The van der Waals surface area contributed by atoms with Gasteiger partial charge in [0.2, 0.25) is 10.0 Å². The maximum atomic E-state index is 14.0. The fourth-order valence-electron chi connectivity index (χ4n) is 3.48. The van der Waals surface area contributed by atoms with Gasteiger partial charge in [0.15, 0.2) is 11.1 Å². The van der Waals surface area contributed by atoms with Gasteiger partial charge in [-0.2, -0.15) is 13.2 Å². The molecule has 0 fully saturated rings. The van der Waals surface area contributed by atoms with Crippen molar-refractivity contribution in [2.45, 2.75) is 12.7 Å². The number of hydrogen-bond acceptors (Lipinski definition) is 5. The summed E-state index contributed by atoms with van der Waals surface area (Å²) in [5.41, 5.74) is -1.44. The molecule has 0 aliphatic carbocycles. The van der Waals surface area contributed by atoms with E-state index < -0.39 is 39.1 Å². The summed E-state index contributed by atoms with van der Waals surface area (Å²) < 4.78 is 68.6. The van der Waals surface area contributed by atoms with Crippen molar-refractivity contribution in [3.8, 4) is 5.69 Å². The number of nitrogens with one attached hydrogen (secondary N) is 2. The summed E-state index contributed by atoms with van der Waals surface area (Å²) in [5, 5.41) is 2.46. The zero-order valence-electron chi connectivity index (χ0n) is 17.8. The van der Waals surface area contributed by atoms with E-state index in [4.69, 9.17) is 0 Å². The van der Waals surface area contributed by atoms with Crippen molar-refractivity contribution in [2.75, 3.05) is 11.6 Å². The minimum absolute atomic E-state index is 0.189. The Labute approximate surface area is 192 Å². The zero-order chi connectivity index (χ0) is 24.5. The monoisotopic (exact) mass is 488 g/mol. The molecule has 4 aromatic rings. The molecule has 2 heterocycles. The van der Waals surface area contributed by atoms with Gasteiger partial charge in [-0.15, -0.1) is 0 Å². The normalized spacial score (nSPS) is 12.1. The van der Waals surface area contributed by atoms with Gasteiger partial charge >= 0.3 is 6.18 Å². The van der Waals surface area contributed by atoms with E-state index in [1.165, 1.54) is 4.57 Å². The van der Waals surface area contributed by atoms with Crippen LogP contribution in [0.25, 0.3) is 16.7 Å². The Balaban J connectivity index is 2.06. The van der Waals surface area contributed by atoms with Crippen LogP contribution in [0.2, 0.25) is 0 Å². The Morgan fingerprint density at radius 1 is 0.971 bits per heavy atom. The third kappa shape index (κ3) is 5.10. The van der Waals surface area contributed by atoms with Crippen molar-refractivity contribution in [1.82, 2.24) is 14.3 Å². The predicted octanol–water partition coefficient (Wildman–Crippen LogP) is 4.20. The number of nitrogens with zero attached hydrogens (tertiary/aromatic N) is 2. The topological polar surface area (TPSA) is 93.1 Å². The molecule has 11 heteroatoms. The van der Waals surface area contributed by atoms with Gasteiger partial charge in [-0.1, -0.05) is 36.4 Å². The van der Waals surface area contributed by atoms with E-state index in [2.05, 4.69) is 15.0 Å². The fraction of sp³-hybridized carbons (Fsp3) is 0.130. The zero-order valence-corrected chi connectivity index (χ0v) is 18.6. The van der Waals surface area contributed by atoms with Crippen LogP contribution in [0.5, 0.6) is 0 Å². The van der Waals surface area contributed by atoms with Gasteiger partial charge in [0.25, 0.3) is 0 Å². The number of hydrogen-bond donors (Lipinski definition) is 2. The van der Waals surface area contributed by atoms with E-state index >= 15 is 0 Å². The summed E-state index contributed by atoms with van der Waals surface area (Å²) in [7, 11) is -3.70. The second kappa shape index (κ2) is 8.92. The van der Waals surface area contributed by atoms with Crippen LogP contribution in [0.15, 0.2) is 77.6 Å². The number of fused-ring (bicyclic) bond motifs is 1. The number of rotatable bonds is 6. The SMILES string of the molecule is CS(=O)(=O)NCc1cc(C(F)(F)F)c2c(=O)cc(Nc3ccccc3)n(-c3ccccc3)c2n1. The molecule has 0 saturated heterocycles. The Kier molecular flexibility index (Phi) is 6.15. The van der Waals surface area contributed by atoms with Crippen LogP contribution in [0, 0.1) is 0 Å². The molecule has 2 aromatic carbocycles. The molecule has 0 aliphatic heterocycles. The molecule has 0 aliphatic rings. The van der Waals surface area contributed by atoms with Crippen molar-refractivity contribution >= 4 is 32.6 Å². The molecule has 0 amide bonds. The quantitative estimate of drug-likeness (QED) is 0.425. The van der Waals surface area contributed by atoms with Crippen LogP contribution in [0.4, 0.5) is 24.7 Å². The van der Waals surface area contributed by atoms with E-state index in [1.54, 1.807) is 60.7 Å². The Morgan fingerprint density at radius 3 is 2.18 bits per heavy atom. The van der Waals surface area contributed by atoms with Crippen LogP contribution in [0.3, 0.4) is 0 Å². The average Bonchev–Trinajstić information content (AvgIpc) is 2.77. The molecule has 2 aromatic heterocycles. The Morgan fingerprint density at radius 2 is 1.59 bits per heavy atom. The minimum Gasteiger partial charge on any atom is -0.341 e. The van der Waals surface area contributed by atoms with Crippen LogP contribution in [-0.2, 0) is 22.7 Å². The number of sulfonamides is 1. The highest BCUT2D eigenvalue weighted by Crippen LogP contribution is 2.35. The first kappa shape index (κ1) is 23.5. The second-order valence-corrected chi connectivity index (χ2v) is 9.34. The number of para-hydroxylation sites is 2. The third-order valence-electron chi connectivity index (χ3n) is 4.90. The van der Waals surface area contributed by atoms with E-state index in [-0.39, 0.29) is 17.2 Å². The van der Waals surface area contributed by atoms with E-state index in [0.717, 1.165) is 12.3 Å². The maximum Gasteiger partial charge on any atom is 0.417 e. The summed E-state index contributed by atoms with van der Waals surface area (Å²) in [4.78, 5) is 17.3. The van der Waals surface area contributed by atoms with Gasteiger partial charge in [0.1, 0.15) is 5.82 Å². The lowest BCUT2D eigenvalue weighted by Crippen LogP contribution is -2.24. The summed E-state index contributed by atoms with van der Waals surface area (Å²) in [5.74, 6) is 0.198. The fourth-order valence-corrected chi connectivity index (χ4v) is 3.89. The largest absolute Gasteiger partial charge is 0.417 e. The minimum atomic E-state index is -4.87. The standard InChI is InChI=1S/C23H19F3N4O3S/c1-34(32,33)27-14-16-12-18(23(24,25)26)21-19(31)13-20(28-15-8-4-2-5-9-15)30(22(21)29-16)17-10-6-3-7-11-17/h2-13,27-28H,14H2,1H3. The van der Waals surface area contributed by atoms with Crippen molar-refractivity contribution < 1.29 is 21.6 Å². The van der Waals surface area contributed by atoms with Gasteiger partial charge in [0.05, 0.1) is 29.4 Å². The smallest absolute Gasteiger partial charge is 0.341 e. The average molecular weight is 488 g/mol. The van der Waals surface area contributed by atoms with Gasteiger partial charge < -0.3 is 5.32 Å². The molecule has 7 nitrogen and oxygen atoms in total. The van der Waals surface area contributed by atoms with E-state index in [1.807, 2.05) is 0 Å². The highest BCUT2D eigenvalue weighted by Gasteiger charge is 2.35. The third-order valence-corrected chi connectivity index (χ3v) is 5.57. The van der Waals surface area contributed by atoms with Crippen LogP contribution in [-0.4, -0.2) is 24.2 Å². The molecule has 0 unspecified atom stereocenters. The molecule has 0 radical (unpaired) electrons. The highest BCUT2D eigenvalue weighted by atomic mass is 32.2. The number of benzene rings is 2. The van der Waals surface area contributed by atoms with Crippen molar-refractivity contribution in [1.29, 1.82) is 0 Å². The number of halogens is 3. The van der Waals surface area contributed by atoms with Crippen LogP contribution in [0.1, 0.15) is 11.3 Å². The molecular weight excluding hydrogens is 469 g/mol. The molecule has 0 atom stereocenters. The molecule has 0 bridgehead atoms. The summed E-state index contributed by atoms with van der Waals surface area (Å²) >= 11 is 0. The van der Waals surface area contributed by atoms with Crippen molar-refractivity contribution in [2.24, 2.45) is 0 Å². The molecular formula is C23H19F3N4O3S. The van der Waals surface area contributed by atoms with E-state index in [0.29, 0.717) is 17.4 Å². The van der Waals surface area contributed by atoms with E-state index in [9.17, 15) is 26.4 Å². The lowest BCUT2D eigenvalue weighted by Gasteiger charge is -2.20. The Bertz CT molecular complexity index is 1500. The molecule has 0 spiro atoms. The number of anilines is 2. The lowest BCUT2D eigenvalue weighted by molar-refractivity contribution is -0.136. The van der Waals surface area contributed by atoms with Gasteiger partial charge in [0, 0.05) is 17.4 Å². The first-order chi connectivity index (χ1) is 16.0. The summed E-state index contributed by atoms with van der Waals surface area (Å²) in [6.07, 6.45) is -3.98. The van der Waals surface area contributed by atoms with Gasteiger partial charge in [-0.25, -0.2) is 18.1 Å². The number of aromatic nitrogens is 2. The predicted molar refractivity (Wildman–Crippen MR) is 124 cm³/mol. The molecule has 34 heavy (non-hydrogen) atoms. The maximum absolute atomic E-state index is 14.0. The highest BCUT2D eigenvalue weighted by molar-refractivity contribution is 7.88. The summed E-state index contributed by atoms with van der Waals surface area (Å²) in [6, 6.07) is 19.1. The van der Waals surface area contributed by atoms with Gasteiger partial charge in [-0.3, -0.25) is 9.36 Å². The molecule has 2 N–H and O–H groups in total. The molecule has 176 valence electrons. The van der Waals surface area contributed by atoms with Crippen LogP contribution < -0.4 is 15.5 Å². The van der Waals surface area contributed by atoms with Crippen molar-refractivity contribution in [3.63, 3.8) is 0 Å². The van der Waals surface area contributed by atoms with Crippen molar-refractivity contribution in [3.05, 3.63) is 94.3 Å². The Hall–Kier alpha value is -3.70. The molecule has 0 saturated carbocycles. The lowest BCUT2D eigenvalue weighted by atomic mass is 10.1. The number of pyridine rings is 2. The van der Waals surface area contributed by atoms with Crippen LogP contribution >= 0.6 is 0 Å². The first-order valence-corrected chi connectivity index (χ1v) is 11.9. The first-order valence-electron chi connectivity index (χ1n) is 10.0. The van der Waals surface area contributed by atoms with Gasteiger partial charge in [-0.05, 0) is 30.3 Å². The molecule has 4 rings (SSSR count).